The van der Waals surface area contributed by atoms with Gasteiger partial charge in [-0.2, -0.15) is 0 Å². The molecule has 1 nitrogen and oxygen atoms in total. The molecule has 0 aliphatic heterocycles. The zero-order chi connectivity index (χ0) is 13.1. The van der Waals surface area contributed by atoms with Crippen LogP contribution in [0.3, 0.4) is 0 Å². The lowest BCUT2D eigenvalue weighted by Gasteiger charge is -2.03. The van der Waals surface area contributed by atoms with Crippen LogP contribution in [0.5, 0.6) is 0 Å². The Balaban J connectivity index is 1.78. The number of aromatic nitrogens is 1. The number of para-hydroxylation sites is 1. The molecule has 0 atom stereocenters. The highest BCUT2D eigenvalue weighted by Crippen LogP contribution is 2.24. The number of benzene rings is 2. The molecule has 0 N–H and O–H groups in total. The van der Waals surface area contributed by atoms with Gasteiger partial charge in [-0.15, -0.1) is 11.8 Å². The molecule has 1 heterocycles. The Morgan fingerprint density at radius 2 is 1.84 bits per heavy atom. The van der Waals surface area contributed by atoms with E-state index in [9.17, 15) is 0 Å². The van der Waals surface area contributed by atoms with Crippen molar-refractivity contribution < 1.29 is 0 Å². The number of fused-ring (bicyclic) bond motifs is 1. The monoisotopic (exact) mass is 377 g/mol. The molecule has 0 saturated carbocycles. The fourth-order valence-electron chi connectivity index (χ4n) is 1.91. The van der Waals surface area contributed by atoms with E-state index in [1.807, 2.05) is 12.1 Å². The van der Waals surface area contributed by atoms with Gasteiger partial charge in [-0.3, -0.25) is 0 Å². The second-order valence-corrected chi connectivity index (χ2v) is 6.50. The third-order valence-electron chi connectivity index (χ3n) is 2.85. The second-order valence-electron chi connectivity index (χ2n) is 4.26. The van der Waals surface area contributed by atoms with E-state index in [2.05, 4.69) is 76.1 Å². The summed E-state index contributed by atoms with van der Waals surface area (Å²) in [6.45, 7) is 0. The molecular weight excluding hydrogens is 365 g/mol. The van der Waals surface area contributed by atoms with Gasteiger partial charge in [-0.05, 0) is 52.4 Å². The fourth-order valence-corrected chi connectivity index (χ4v) is 3.34. The van der Waals surface area contributed by atoms with Gasteiger partial charge >= 0.3 is 0 Å². The zero-order valence-electron chi connectivity index (χ0n) is 10.2. The van der Waals surface area contributed by atoms with E-state index >= 15 is 0 Å². The number of nitrogens with zero attached hydrogens (tertiary/aromatic N) is 1. The highest BCUT2D eigenvalue weighted by atomic mass is 127. The summed E-state index contributed by atoms with van der Waals surface area (Å²) in [4.78, 5) is 4.67. The molecule has 0 spiro atoms. The molecule has 2 aromatic carbocycles. The number of hydrogen-bond donors (Lipinski definition) is 0. The lowest BCUT2D eigenvalue weighted by Crippen LogP contribution is -1.85. The van der Waals surface area contributed by atoms with Crippen molar-refractivity contribution in [1.29, 1.82) is 0 Å². The Hall–Kier alpha value is -1.07. The highest BCUT2D eigenvalue weighted by Gasteiger charge is 2.00. The Morgan fingerprint density at radius 1 is 0.947 bits per heavy atom. The summed E-state index contributed by atoms with van der Waals surface area (Å²) in [6.07, 6.45) is 0. The average Bonchev–Trinajstić information content (AvgIpc) is 2.45. The van der Waals surface area contributed by atoms with Crippen molar-refractivity contribution in [2.75, 3.05) is 0 Å². The Bertz CT molecular complexity index is 712. The molecule has 0 aliphatic rings. The number of pyridine rings is 1. The first-order valence-electron chi connectivity index (χ1n) is 6.04. The predicted octanol–water partition coefficient (Wildman–Crippen LogP) is 5.13. The van der Waals surface area contributed by atoms with Gasteiger partial charge in [0.25, 0.3) is 0 Å². The second kappa shape index (κ2) is 5.92. The maximum absolute atomic E-state index is 4.67. The third kappa shape index (κ3) is 3.28. The average molecular weight is 377 g/mol. The van der Waals surface area contributed by atoms with Gasteiger partial charge in [0, 0.05) is 14.7 Å². The molecule has 0 bridgehead atoms. The molecule has 3 heteroatoms. The molecule has 0 fully saturated rings. The first kappa shape index (κ1) is 12.9. The lowest BCUT2D eigenvalue weighted by atomic mass is 10.2. The van der Waals surface area contributed by atoms with E-state index in [0.717, 1.165) is 16.3 Å². The summed E-state index contributed by atoms with van der Waals surface area (Å²) < 4.78 is 1.28. The van der Waals surface area contributed by atoms with Crippen LogP contribution in [0.2, 0.25) is 0 Å². The molecule has 3 aromatic rings. The van der Waals surface area contributed by atoms with Crippen LogP contribution in [0, 0.1) is 3.57 Å². The molecule has 0 amide bonds. The van der Waals surface area contributed by atoms with Crippen LogP contribution >= 0.6 is 34.4 Å². The number of rotatable bonds is 3. The molecule has 0 aliphatic carbocycles. The summed E-state index contributed by atoms with van der Waals surface area (Å²) in [5.41, 5.74) is 2.40. The minimum Gasteiger partial charge on any atom is -0.241 e. The quantitative estimate of drug-likeness (QED) is 0.464. The first-order chi connectivity index (χ1) is 9.31. The molecule has 1 aromatic heterocycles. The van der Waals surface area contributed by atoms with Gasteiger partial charge < -0.3 is 0 Å². The molecule has 94 valence electrons. The van der Waals surface area contributed by atoms with Gasteiger partial charge in [-0.1, -0.05) is 36.4 Å². The summed E-state index contributed by atoms with van der Waals surface area (Å²) in [5.74, 6) is 0.960. The predicted molar refractivity (Wildman–Crippen MR) is 90.5 cm³/mol. The van der Waals surface area contributed by atoms with Gasteiger partial charge in [0.1, 0.15) is 0 Å². The molecule has 0 saturated heterocycles. The summed E-state index contributed by atoms with van der Waals surface area (Å²) in [5, 5.41) is 2.28. The number of thioether (sulfide) groups is 1. The normalized spacial score (nSPS) is 10.8. The van der Waals surface area contributed by atoms with E-state index < -0.39 is 0 Å². The van der Waals surface area contributed by atoms with Crippen molar-refractivity contribution in [3.05, 3.63) is 69.8 Å². The summed E-state index contributed by atoms with van der Waals surface area (Å²) in [6, 6.07) is 21.1. The van der Waals surface area contributed by atoms with Crippen molar-refractivity contribution in [2.24, 2.45) is 0 Å². The highest BCUT2D eigenvalue weighted by molar-refractivity contribution is 14.1. The van der Waals surface area contributed by atoms with Crippen LogP contribution in [0.1, 0.15) is 5.56 Å². The van der Waals surface area contributed by atoms with Crippen LogP contribution in [-0.2, 0) is 5.75 Å². The van der Waals surface area contributed by atoms with Crippen molar-refractivity contribution in [1.82, 2.24) is 4.98 Å². The standard InChI is InChI=1S/C16H12INS/c17-14-6-3-4-12(10-14)11-19-16-9-8-13-5-1-2-7-15(13)18-16/h1-10H,11H2. The largest absolute Gasteiger partial charge is 0.241 e. The topological polar surface area (TPSA) is 12.9 Å². The maximum Gasteiger partial charge on any atom is 0.0970 e. The summed E-state index contributed by atoms with van der Waals surface area (Å²) >= 11 is 4.13. The zero-order valence-corrected chi connectivity index (χ0v) is 13.2. The lowest BCUT2D eigenvalue weighted by molar-refractivity contribution is 1.18. The minimum absolute atomic E-state index is 0.960. The van der Waals surface area contributed by atoms with E-state index in [0.29, 0.717) is 0 Å². The maximum atomic E-state index is 4.67. The SMILES string of the molecule is Ic1cccc(CSc2ccc3ccccc3n2)c1. The third-order valence-corrected chi connectivity index (χ3v) is 4.52. The number of halogens is 1. The van der Waals surface area contributed by atoms with E-state index in [4.69, 9.17) is 0 Å². The van der Waals surface area contributed by atoms with Crippen molar-refractivity contribution in [2.45, 2.75) is 10.8 Å². The van der Waals surface area contributed by atoms with Gasteiger partial charge in [0.05, 0.1) is 10.5 Å². The van der Waals surface area contributed by atoms with Crippen LogP contribution < -0.4 is 0 Å². The van der Waals surface area contributed by atoms with Crippen LogP contribution in [-0.4, -0.2) is 4.98 Å². The van der Waals surface area contributed by atoms with Gasteiger partial charge in [-0.25, -0.2) is 4.98 Å². The van der Waals surface area contributed by atoms with Crippen molar-refractivity contribution >= 4 is 45.3 Å². The van der Waals surface area contributed by atoms with Gasteiger partial charge in [0.2, 0.25) is 0 Å². The Morgan fingerprint density at radius 3 is 2.74 bits per heavy atom. The molecule has 0 unspecified atom stereocenters. The van der Waals surface area contributed by atoms with E-state index in [-0.39, 0.29) is 0 Å². The Kier molecular flexibility index (Phi) is 4.03. The molecular formula is C16H12INS. The van der Waals surface area contributed by atoms with E-state index in [1.54, 1.807) is 11.8 Å². The van der Waals surface area contributed by atoms with Crippen LogP contribution in [0.15, 0.2) is 65.7 Å². The van der Waals surface area contributed by atoms with Crippen LogP contribution in [0.25, 0.3) is 10.9 Å². The molecule has 3 rings (SSSR count). The minimum atomic E-state index is 0.960. The molecule has 19 heavy (non-hydrogen) atoms. The Labute approximate surface area is 130 Å². The smallest absolute Gasteiger partial charge is 0.0970 e. The number of hydrogen-bond acceptors (Lipinski definition) is 2. The van der Waals surface area contributed by atoms with E-state index in [1.165, 1.54) is 14.5 Å². The molecule has 0 radical (unpaired) electrons. The summed E-state index contributed by atoms with van der Waals surface area (Å²) in [7, 11) is 0. The van der Waals surface area contributed by atoms with Gasteiger partial charge in [0.15, 0.2) is 0 Å². The van der Waals surface area contributed by atoms with Crippen LogP contribution in [0.4, 0.5) is 0 Å². The fraction of sp³-hybridized carbons (Fsp3) is 0.0625. The van der Waals surface area contributed by atoms with Crippen molar-refractivity contribution in [3.63, 3.8) is 0 Å². The van der Waals surface area contributed by atoms with Crippen molar-refractivity contribution in [3.8, 4) is 0 Å². The first-order valence-corrected chi connectivity index (χ1v) is 8.11.